The van der Waals surface area contributed by atoms with Gasteiger partial charge in [-0.15, -0.1) is 0 Å². The van der Waals surface area contributed by atoms with E-state index in [1.54, 1.807) is 12.1 Å². The van der Waals surface area contributed by atoms with Crippen LogP contribution in [0.2, 0.25) is 15.1 Å². The van der Waals surface area contributed by atoms with Crippen LogP contribution in [0.1, 0.15) is 5.56 Å². The monoisotopic (exact) mass is 418 g/mol. The number of aromatic nitrogens is 2. The van der Waals surface area contributed by atoms with Gasteiger partial charge >= 0.3 is 6.61 Å². The van der Waals surface area contributed by atoms with Gasteiger partial charge in [0.15, 0.2) is 0 Å². The Morgan fingerprint density at radius 2 is 1.95 bits per heavy atom. The van der Waals surface area contributed by atoms with Crippen molar-refractivity contribution in [1.82, 2.24) is 9.78 Å². The Labute approximate surface area is 142 Å². The van der Waals surface area contributed by atoms with E-state index in [0.29, 0.717) is 20.9 Å². The molecule has 3 nitrogen and oxygen atoms in total. The normalized spacial score (nSPS) is 11.2. The lowest BCUT2D eigenvalue weighted by Gasteiger charge is -2.07. The quantitative estimate of drug-likeness (QED) is 0.607. The van der Waals surface area contributed by atoms with E-state index in [1.165, 1.54) is 7.05 Å². The molecule has 1 heterocycles. The Balaban J connectivity index is 2.57. The molecule has 2 aromatic rings. The number of aryl methyl sites for hydroxylation is 1. The average molecular weight is 420 g/mol. The van der Waals surface area contributed by atoms with Crippen molar-refractivity contribution in [3.63, 3.8) is 0 Å². The van der Waals surface area contributed by atoms with Crippen molar-refractivity contribution >= 4 is 50.7 Å². The molecule has 0 amide bonds. The van der Waals surface area contributed by atoms with Crippen LogP contribution in [-0.2, 0) is 12.4 Å². The molecule has 0 saturated carbocycles. The maximum absolute atomic E-state index is 12.4. The summed E-state index contributed by atoms with van der Waals surface area (Å²) >= 11 is 21.5. The third-order valence-corrected chi connectivity index (χ3v) is 4.28. The topological polar surface area (TPSA) is 27.1 Å². The summed E-state index contributed by atoms with van der Waals surface area (Å²) in [6, 6.07) is 3.24. The fourth-order valence-corrected chi connectivity index (χ4v) is 3.22. The minimum atomic E-state index is -3.00. The molecule has 0 unspecified atom stereocenters. The fraction of sp³-hybridized carbons (Fsp3) is 0.250. The molecule has 0 atom stereocenters. The summed E-state index contributed by atoms with van der Waals surface area (Å²) in [6.07, 6.45) is 0. The molecule has 0 radical (unpaired) electrons. The minimum Gasteiger partial charge on any atom is -0.416 e. The van der Waals surface area contributed by atoms with Gasteiger partial charge in [0, 0.05) is 23.0 Å². The second kappa shape index (κ2) is 6.69. The number of hydrogen-bond donors (Lipinski definition) is 0. The zero-order valence-electron chi connectivity index (χ0n) is 10.5. The number of rotatable bonds is 4. The summed E-state index contributed by atoms with van der Waals surface area (Å²) in [6.45, 7) is -3.00. The number of hydrogen-bond acceptors (Lipinski definition) is 2. The van der Waals surface area contributed by atoms with E-state index < -0.39 is 6.61 Å². The van der Waals surface area contributed by atoms with E-state index in [9.17, 15) is 8.78 Å². The van der Waals surface area contributed by atoms with Crippen LogP contribution in [-0.4, -0.2) is 16.4 Å². The smallest absolute Gasteiger partial charge is 0.388 e. The highest BCUT2D eigenvalue weighted by atomic mass is 79.9. The van der Waals surface area contributed by atoms with Gasteiger partial charge in [0.25, 0.3) is 0 Å². The minimum absolute atomic E-state index is 0.0393. The highest BCUT2D eigenvalue weighted by Crippen LogP contribution is 2.40. The summed E-state index contributed by atoms with van der Waals surface area (Å²) < 4.78 is 30.2. The van der Waals surface area contributed by atoms with Crippen LogP contribution in [0.5, 0.6) is 5.88 Å². The van der Waals surface area contributed by atoms with E-state index in [-0.39, 0.29) is 16.6 Å². The highest BCUT2D eigenvalue weighted by molar-refractivity contribution is 9.08. The predicted octanol–water partition coefficient (Wildman–Crippen LogP) is 5.54. The third-order valence-electron chi connectivity index (χ3n) is 2.68. The van der Waals surface area contributed by atoms with Crippen LogP contribution in [0, 0.1) is 0 Å². The van der Waals surface area contributed by atoms with Crippen molar-refractivity contribution in [1.29, 1.82) is 0 Å². The summed E-state index contributed by atoms with van der Waals surface area (Å²) in [4.78, 5) is 0. The van der Waals surface area contributed by atoms with E-state index in [1.807, 2.05) is 0 Å². The fourth-order valence-electron chi connectivity index (χ4n) is 1.74. The maximum Gasteiger partial charge on any atom is 0.388 e. The molecule has 0 N–H and O–H groups in total. The van der Waals surface area contributed by atoms with E-state index >= 15 is 0 Å². The number of benzene rings is 1. The number of ether oxygens (including phenoxy) is 1. The first-order chi connectivity index (χ1) is 9.85. The molecule has 0 saturated heterocycles. The molecule has 1 aromatic carbocycles. The van der Waals surface area contributed by atoms with Crippen molar-refractivity contribution in [3.05, 3.63) is 32.8 Å². The van der Waals surface area contributed by atoms with Gasteiger partial charge in [-0.05, 0) is 17.7 Å². The molecule has 9 heteroatoms. The summed E-state index contributed by atoms with van der Waals surface area (Å²) in [5, 5.41) is 5.34. The van der Waals surface area contributed by atoms with E-state index in [4.69, 9.17) is 34.8 Å². The SMILES string of the molecule is Cn1nc(-c2cc(CBr)c(Cl)cc2Cl)c(Cl)c1OC(F)F. The lowest BCUT2D eigenvalue weighted by Crippen LogP contribution is -2.06. The van der Waals surface area contributed by atoms with Gasteiger partial charge in [0.05, 0.1) is 5.02 Å². The first kappa shape index (κ1) is 16.8. The Morgan fingerprint density at radius 3 is 2.52 bits per heavy atom. The van der Waals surface area contributed by atoms with Gasteiger partial charge < -0.3 is 4.74 Å². The molecule has 2 rings (SSSR count). The summed E-state index contributed by atoms with van der Waals surface area (Å²) in [7, 11) is 1.45. The third kappa shape index (κ3) is 3.44. The highest BCUT2D eigenvalue weighted by Gasteiger charge is 2.22. The average Bonchev–Trinajstić information content (AvgIpc) is 2.66. The van der Waals surface area contributed by atoms with Gasteiger partial charge in [-0.2, -0.15) is 13.9 Å². The number of nitrogens with zero attached hydrogens (tertiary/aromatic N) is 2. The predicted molar refractivity (Wildman–Crippen MR) is 82.9 cm³/mol. The van der Waals surface area contributed by atoms with Crippen molar-refractivity contribution in [3.8, 4) is 17.1 Å². The standard InChI is InChI=1S/C12H8BrCl3F2N2O/c1-20-11(21-12(17)18)9(16)10(19-20)6-2-5(4-13)7(14)3-8(6)15/h2-3,12H,4H2,1H3. The van der Waals surface area contributed by atoms with Crippen molar-refractivity contribution in [2.45, 2.75) is 11.9 Å². The molecule has 0 fully saturated rings. The molecule has 21 heavy (non-hydrogen) atoms. The van der Waals surface area contributed by atoms with Crippen molar-refractivity contribution in [2.24, 2.45) is 7.05 Å². The molecule has 0 spiro atoms. The van der Waals surface area contributed by atoms with Crippen LogP contribution < -0.4 is 4.74 Å². The van der Waals surface area contributed by atoms with E-state index in [0.717, 1.165) is 10.2 Å². The Morgan fingerprint density at radius 1 is 1.29 bits per heavy atom. The van der Waals surface area contributed by atoms with Crippen molar-refractivity contribution < 1.29 is 13.5 Å². The molecule has 0 aliphatic heterocycles. The summed E-state index contributed by atoms with van der Waals surface area (Å²) in [5.41, 5.74) is 1.51. The zero-order valence-corrected chi connectivity index (χ0v) is 14.4. The van der Waals surface area contributed by atoms with Gasteiger partial charge in [-0.1, -0.05) is 50.7 Å². The van der Waals surface area contributed by atoms with E-state index in [2.05, 4.69) is 25.8 Å². The van der Waals surface area contributed by atoms with Gasteiger partial charge in [-0.25, -0.2) is 4.68 Å². The Hall–Kier alpha value is -0.560. The van der Waals surface area contributed by atoms with Crippen LogP contribution in [0.25, 0.3) is 11.3 Å². The first-order valence-corrected chi connectivity index (χ1v) is 7.82. The lowest BCUT2D eigenvalue weighted by molar-refractivity contribution is -0.0552. The van der Waals surface area contributed by atoms with Crippen LogP contribution in [0.15, 0.2) is 12.1 Å². The molecule has 0 aliphatic rings. The molecule has 0 aliphatic carbocycles. The number of halogens is 6. The van der Waals surface area contributed by atoms with Crippen LogP contribution in [0.4, 0.5) is 8.78 Å². The van der Waals surface area contributed by atoms with Crippen LogP contribution >= 0.6 is 50.7 Å². The molecule has 1 aromatic heterocycles. The van der Waals surface area contributed by atoms with Crippen molar-refractivity contribution in [2.75, 3.05) is 0 Å². The van der Waals surface area contributed by atoms with Gasteiger partial charge in [-0.3, -0.25) is 0 Å². The summed E-state index contributed by atoms with van der Waals surface area (Å²) in [5.74, 6) is -0.229. The number of alkyl halides is 3. The van der Waals surface area contributed by atoms with Gasteiger partial charge in [0.1, 0.15) is 10.7 Å². The second-order valence-corrected chi connectivity index (χ2v) is 5.78. The molecular weight excluding hydrogens is 412 g/mol. The molecule has 114 valence electrons. The zero-order chi connectivity index (χ0) is 15.7. The Kier molecular flexibility index (Phi) is 5.35. The lowest BCUT2D eigenvalue weighted by atomic mass is 10.1. The maximum atomic E-state index is 12.4. The van der Waals surface area contributed by atoms with Crippen LogP contribution in [0.3, 0.4) is 0 Å². The Bertz CT molecular complexity index is 679. The molecular formula is C12H8BrCl3F2N2O. The second-order valence-electron chi connectivity index (χ2n) is 4.03. The van der Waals surface area contributed by atoms with Gasteiger partial charge in [0.2, 0.25) is 5.88 Å². The largest absolute Gasteiger partial charge is 0.416 e. The first-order valence-electron chi connectivity index (χ1n) is 5.56. The molecule has 0 bridgehead atoms.